The summed E-state index contributed by atoms with van der Waals surface area (Å²) in [6, 6.07) is 3.58. The molecular formula is C18H27FO2. The maximum atomic E-state index is 14.4. The number of benzene rings is 1. The Balaban J connectivity index is 3.11. The smallest absolute Gasteiger partial charge is 0.310 e. The average Bonchev–Trinajstić information content (AvgIpc) is 2.27. The third kappa shape index (κ3) is 5.14. The second-order valence-electron chi connectivity index (χ2n) is 7.16. The van der Waals surface area contributed by atoms with E-state index in [1.807, 2.05) is 48.5 Å². The van der Waals surface area contributed by atoms with Gasteiger partial charge in [0.1, 0.15) is 11.4 Å². The van der Waals surface area contributed by atoms with Crippen LogP contribution >= 0.6 is 0 Å². The van der Waals surface area contributed by atoms with E-state index >= 15 is 0 Å². The summed E-state index contributed by atoms with van der Waals surface area (Å²) in [5.74, 6) is -0.256. The first kappa shape index (κ1) is 17.7. The molecule has 0 aliphatic heterocycles. The summed E-state index contributed by atoms with van der Waals surface area (Å²) in [6.45, 7) is 13.4. The largest absolute Gasteiger partial charge is 0.460 e. The lowest BCUT2D eigenvalue weighted by Gasteiger charge is -2.20. The van der Waals surface area contributed by atoms with Gasteiger partial charge in [-0.1, -0.05) is 39.8 Å². The van der Waals surface area contributed by atoms with E-state index in [0.717, 1.165) is 5.56 Å². The van der Waals surface area contributed by atoms with Crippen LogP contribution in [0.15, 0.2) is 12.1 Å². The van der Waals surface area contributed by atoms with Crippen LogP contribution < -0.4 is 0 Å². The molecule has 0 bridgehead atoms. The fourth-order valence-corrected chi connectivity index (χ4v) is 2.22. The summed E-state index contributed by atoms with van der Waals surface area (Å²) in [4.78, 5) is 12.0. The second-order valence-corrected chi connectivity index (χ2v) is 7.16. The molecule has 21 heavy (non-hydrogen) atoms. The predicted molar refractivity (Wildman–Crippen MR) is 84.1 cm³/mol. The Morgan fingerprint density at radius 1 is 1.10 bits per heavy atom. The van der Waals surface area contributed by atoms with Gasteiger partial charge in [0.2, 0.25) is 0 Å². The number of carbonyl (C=O) groups excluding carboxylic acids is 1. The summed E-state index contributed by atoms with van der Waals surface area (Å²) in [6.07, 6.45) is 0.178. The Labute approximate surface area is 127 Å². The zero-order valence-corrected chi connectivity index (χ0v) is 14.2. The number of rotatable bonds is 4. The first-order chi connectivity index (χ1) is 9.51. The van der Waals surface area contributed by atoms with Crippen molar-refractivity contribution < 1.29 is 13.9 Å². The number of esters is 1. The quantitative estimate of drug-likeness (QED) is 0.734. The molecule has 0 spiro atoms. The van der Waals surface area contributed by atoms with Crippen LogP contribution in [0.25, 0.3) is 0 Å². The molecule has 2 nitrogen and oxygen atoms in total. The minimum atomic E-state index is -0.501. The van der Waals surface area contributed by atoms with Crippen LogP contribution in [0.1, 0.15) is 77.0 Å². The molecule has 0 atom stereocenters. The number of hydrogen-bond acceptors (Lipinski definition) is 2. The molecule has 0 fully saturated rings. The van der Waals surface area contributed by atoms with Gasteiger partial charge in [0.25, 0.3) is 0 Å². The minimum absolute atomic E-state index is 0.0843. The van der Waals surface area contributed by atoms with Crippen molar-refractivity contribution in [3.63, 3.8) is 0 Å². The van der Waals surface area contributed by atoms with Crippen molar-refractivity contribution in [2.75, 3.05) is 0 Å². The number of ether oxygens (including phenoxy) is 1. The standard InChI is InChI=1S/C18H27FO2/c1-11(2)14-8-13(9-15(12(3)4)17(14)19)10-16(20)21-18(5,6)7/h8-9,11-12H,10H2,1-7H3. The first-order valence-corrected chi connectivity index (χ1v) is 7.55. The zero-order chi connectivity index (χ0) is 16.4. The molecular weight excluding hydrogens is 267 g/mol. The summed E-state index contributed by atoms with van der Waals surface area (Å²) < 4.78 is 19.8. The maximum Gasteiger partial charge on any atom is 0.310 e. The third-order valence-corrected chi connectivity index (χ3v) is 3.20. The van der Waals surface area contributed by atoms with Gasteiger partial charge in [-0.15, -0.1) is 0 Å². The van der Waals surface area contributed by atoms with Crippen molar-refractivity contribution in [1.29, 1.82) is 0 Å². The van der Waals surface area contributed by atoms with Gasteiger partial charge < -0.3 is 4.74 Å². The zero-order valence-electron chi connectivity index (χ0n) is 14.2. The molecule has 1 rings (SSSR count). The fraction of sp³-hybridized carbons (Fsp3) is 0.611. The Bertz CT molecular complexity index is 481. The molecule has 0 heterocycles. The van der Waals surface area contributed by atoms with Gasteiger partial charge in [0.15, 0.2) is 0 Å². The van der Waals surface area contributed by atoms with Gasteiger partial charge in [-0.25, -0.2) is 4.39 Å². The molecule has 1 aromatic rings. The van der Waals surface area contributed by atoms with Crippen LogP contribution in [-0.2, 0) is 16.0 Å². The lowest BCUT2D eigenvalue weighted by Crippen LogP contribution is -2.25. The van der Waals surface area contributed by atoms with Crippen molar-refractivity contribution >= 4 is 5.97 Å². The number of carbonyl (C=O) groups is 1. The van der Waals surface area contributed by atoms with Crippen molar-refractivity contribution in [3.05, 3.63) is 34.6 Å². The Morgan fingerprint density at radius 2 is 1.52 bits per heavy atom. The predicted octanol–water partition coefficient (Wildman–Crippen LogP) is 4.96. The fourth-order valence-electron chi connectivity index (χ4n) is 2.22. The van der Waals surface area contributed by atoms with E-state index in [-0.39, 0.29) is 30.0 Å². The summed E-state index contributed by atoms with van der Waals surface area (Å²) in [5, 5.41) is 0. The van der Waals surface area contributed by atoms with Crippen molar-refractivity contribution in [1.82, 2.24) is 0 Å². The average molecular weight is 294 g/mol. The van der Waals surface area contributed by atoms with Gasteiger partial charge >= 0.3 is 5.97 Å². The van der Waals surface area contributed by atoms with Gasteiger partial charge in [0.05, 0.1) is 6.42 Å². The monoisotopic (exact) mass is 294 g/mol. The molecule has 0 N–H and O–H groups in total. The van der Waals surface area contributed by atoms with Gasteiger partial charge in [-0.2, -0.15) is 0 Å². The highest BCUT2D eigenvalue weighted by atomic mass is 19.1. The molecule has 1 aromatic carbocycles. The molecule has 0 aromatic heterocycles. The molecule has 0 saturated carbocycles. The summed E-state index contributed by atoms with van der Waals surface area (Å²) in [5.41, 5.74) is 1.65. The molecule has 0 saturated heterocycles. The summed E-state index contributed by atoms with van der Waals surface area (Å²) in [7, 11) is 0. The Kier molecular flexibility index (Phi) is 5.54. The van der Waals surface area contributed by atoms with Crippen molar-refractivity contribution in [3.8, 4) is 0 Å². The number of hydrogen-bond donors (Lipinski definition) is 0. The van der Waals surface area contributed by atoms with Crippen LogP contribution in [0.2, 0.25) is 0 Å². The van der Waals surface area contributed by atoms with Gasteiger partial charge in [0, 0.05) is 0 Å². The summed E-state index contributed by atoms with van der Waals surface area (Å²) >= 11 is 0. The normalized spacial score (nSPS) is 12.1. The molecule has 0 unspecified atom stereocenters. The van der Waals surface area contributed by atoms with E-state index in [2.05, 4.69) is 0 Å². The molecule has 0 amide bonds. The molecule has 0 aliphatic carbocycles. The molecule has 0 radical (unpaired) electrons. The number of halogens is 1. The van der Waals surface area contributed by atoms with Crippen LogP contribution in [-0.4, -0.2) is 11.6 Å². The highest BCUT2D eigenvalue weighted by Crippen LogP contribution is 2.28. The van der Waals surface area contributed by atoms with E-state index in [4.69, 9.17) is 4.74 Å². The Hall–Kier alpha value is -1.38. The molecule has 3 heteroatoms. The Morgan fingerprint density at radius 3 is 1.86 bits per heavy atom. The van der Waals surface area contributed by atoms with E-state index in [0.29, 0.717) is 11.1 Å². The lowest BCUT2D eigenvalue weighted by molar-refractivity contribution is -0.153. The van der Waals surface area contributed by atoms with E-state index in [1.54, 1.807) is 12.1 Å². The molecule has 118 valence electrons. The lowest BCUT2D eigenvalue weighted by atomic mass is 9.91. The van der Waals surface area contributed by atoms with E-state index < -0.39 is 5.60 Å². The van der Waals surface area contributed by atoms with Gasteiger partial charge in [-0.3, -0.25) is 4.79 Å². The SMILES string of the molecule is CC(C)c1cc(CC(=O)OC(C)(C)C)cc(C(C)C)c1F. The van der Waals surface area contributed by atoms with Crippen LogP contribution in [0, 0.1) is 5.82 Å². The highest BCUT2D eigenvalue weighted by Gasteiger charge is 2.20. The topological polar surface area (TPSA) is 26.3 Å². The van der Waals surface area contributed by atoms with E-state index in [9.17, 15) is 9.18 Å². The molecule has 0 aliphatic rings. The van der Waals surface area contributed by atoms with Crippen molar-refractivity contribution in [2.45, 2.75) is 72.3 Å². The third-order valence-electron chi connectivity index (χ3n) is 3.20. The minimum Gasteiger partial charge on any atom is -0.460 e. The highest BCUT2D eigenvalue weighted by molar-refractivity contribution is 5.73. The first-order valence-electron chi connectivity index (χ1n) is 7.55. The van der Waals surface area contributed by atoms with Crippen LogP contribution in [0.4, 0.5) is 4.39 Å². The second kappa shape index (κ2) is 6.59. The van der Waals surface area contributed by atoms with Crippen LogP contribution in [0.3, 0.4) is 0 Å². The van der Waals surface area contributed by atoms with Crippen LogP contribution in [0.5, 0.6) is 0 Å². The maximum absolute atomic E-state index is 14.4. The van der Waals surface area contributed by atoms with E-state index in [1.165, 1.54) is 0 Å². The van der Waals surface area contributed by atoms with Crippen molar-refractivity contribution in [2.24, 2.45) is 0 Å². The van der Waals surface area contributed by atoms with Gasteiger partial charge in [-0.05, 0) is 49.3 Å².